The lowest BCUT2D eigenvalue weighted by molar-refractivity contribution is -0.144. The molecule has 1 fully saturated rings. The van der Waals surface area contributed by atoms with Crippen molar-refractivity contribution in [1.82, 2.24) is 0 Å². The maximum atomic E-state index is 12.0. The number of unbranched alkanes of at least 4 members (excludes halogenated alkanes) is 2. The summed E-state index contributed by atoms with van der Waals surface area (Å²) < 4.78 is 11.8. The van der Waals surface area contributed by atoms with Gasteiger partial charge in [-0.2, -0.15) is 0 Å². The van der Waals surface area contributed by atoms with Crippen LogP contribution in [0.2, 0.25) is 0 Å². The van der Waals surface area contributed by atoms with Gasteiger partial charge >= 0.3 is 5.97 Å². The number of hydrogen-bond acceptors (Lipinski definition) is 3. The third kappa shape index (κ3) is 2.86. The van der Waals surface area contributed by atoms with Crippen molar-refractivity contribution in [2.75, 3.05) is 6.61 Å². The SMILES string of the molecule is CCCCCOc1cc(C)c2c(c1C)[C@@H]1OC(=O)[C@@H](C)[C@@H]1CC2. The first-order chi connectivity index (χ1) is 11.0. The molecule has 0 N–H and O–H groups in total. The molecule has 0 spiro atoms. The fourth-order valence-electron chi connectivity index (χ4n) is 4.11. The molecule has 0 aromatic heterocycles. The molecule has 1 aliphatic heterocycles. The number of carbonyl (C=O) groups is 1. The van der Waals surface area contributed by atoms with Crippen molar-refractivity contribution in [2.45, 2.75) is 65.9 Å². The second-order valence-electron chi connectivity index (χ2n) is 7.11. The molecule has 1 saturated heterocycles. The second-order valence-corrected chi connectivity index (χ2v) is 7.11. The van der Waals surface area contributed by atoms with E-state index in [1.807, 2.05) is 6.92 Å². The highest BCUT2D eigenvalue weighted by Gasteiger charge is 2.46. The molecule has 1 aromatic carbocycles. The fourth-order valence-corrected chi connectivity index (χ4v) is 4.11. The minimum Gasteiger partial charge on any atom is -0.493 e. The molecule has 1 aromatic rings. The molecule has 0 saturated carbocycles. The summed E-state index contributed by atoms with van der Waals surface area (Å²) in [6, 6.07) is 2.17. The van der Waals surface area contributed by atoms with E-state index in [4.69, 9.17) is 9.47 Å². The molecule has 0 amide bonds. The minimum atomic E-state index is -0.0702. The number of rotatable bonds is 5. The molecular formula is C20H28O3. The summed E-state index contributed by atoms with van der Waals surface area (Å²) in [5.74, 6) is 1.26. The molecule has 1 aliphatic carbocycles. The van der Waals surface area contributed by atoms with E-state index in [9.17, 15) is 4.79 Å². The molecular weight excluding hydrogens is 288 g/mol. The van der Waals surface area contributed by atoms with Crippen molar-refractivity contribution in [1.29, 1.82) is 0 Å². The van der Waals surface area contributed by atoms with Crippen LogP contribution in [0, 0.1) is 25.7 Å². The number of benzene rings is 1. The maximum Gasteiger partial charge on any atom is 0.309 e. The first-order valence-corrected chi connectivity index (χ1v) is 9.00. The minimum absolute atomic E-state index is 0.0157. The van der Waals surface area contributed by atoms with Gasteiger partial charge in [-0.3, -0.25) is 4.79 Å². The largest absolute Gasteiger partial charge is 0.493 e. The molecule has 0 unspecified atom stereocenters. The molecule has 0 radical (unpaired) electrons. The Balaban J connectivity index is 1.91. The number of fused-ring (bicyclic) bond motifs is 3. The van der Waals surface area contributed by atoms with Crippen LogP contribution in [-0.4, -0.2) is 12.6 Å². The molecule has 126 valence electrons. The number of aryl methyl sites for hydroxylation is 1. The quantitative estimate of drug-likeness (QED) is 0.585. The number of carbonyl (C=O) groups excluding carboxylic acids is 1. The summed E-state index contributed by atoms with van der Waals surface area (Å²) in [6.45, 7) is 9.23. The van der Waals surface area contributed by atoms with Gasteiger partial charge in [0.2, 0.25) is 0 Å². The summed E-state index contributed by atoms with van der Waals surface area (Å²) in [7, 11) is 0. The zero-order valence-corrected chi connectivity index (χ0v) is 14.8. The zero-order valence-electron chi connectivity index (χ0n) is 14.8. The van der Waals surface area contributed by atoms with Gasteiger partial charge < -0.3 is 9.47 Å². The third-order valence-electron chi connectivity index (χ3n) is 5.59. The van der Waals surface area contributed by atoms with Crippen molar-refractivity contribution in [3.05, 3.63) is 28.3 Å². The Labute approximate surface area is 139 Å². The van der Waals surface area contributed by atoms with Gasteiger partial charge in [0.15, 0.2) is 0 Å². The molecule has 3 rings (SSSR count). The van der Waals surface area contributed by atoms with E-state index < -0.39 is 0 Å². The van der Waals surface area contributed by atoms with Crippen LogP contribution in [0.5, 0.6) is 5.75 Å². The number of esters is 1. The average molecular weight is 316 g/mol. The highest BCUT2D eigenvalue weighted by atomic mass is 16.6. The second kappa shape index (κ2) is 6.54. The van der Waals surface area contributed by atoms with Gasteiger partial charge in [0.25, 0.3) is 0 Å². The van der Waals surface area contributed by atoms with Crippen LogP contribution in [0.4, 0.5) is 0 Å². The molecule has 1 heterocycles. The Morgan fingerprint density at radius 1 is 1.30 bits per heavy atom. The van der Waals surface area contributed by atoms with Gasteiger partial charge in [0, 0.05) is 11.5 Å². The van der Waals surface area contributed by atoms with Crippen LogP contribution >= 0.6 is 0 Å². The van der Waals surface area contributed by atoms with Crippen molar-refractivity contribution in [2.24, 2.45) is 11.8 Å². The molecule has 3 atom stereocenters. The summed E-state index contributed by atoms with van der Waals surface area (Å²) in [4.78, 5) is 12.0. The standard InChI is InChI=1S/C20H28O3/c1-5-6-7-10-22-17-11-12(2)15-8-9-16-13(3)20(21)23-19(16)18(15)14(17)4/h11,13,16,19H,5-10H2,1-4H3/t13-,16-,19+/m0/s1. The van der Waals surface area contributed by atoms with Gasteiger partial charge in [-0.05, 0) is 55.9 Å². The van der Waals surface area contributed by atoms with E-state index in [1.165, 1.54) is 35.1 Å². The normalized spacial score (nSPS) is 25.7. The summed E-state index contributed by atoms with van der Waals surface area (Å²) in [5, 5.41) is 0. The predicted octanol–water partition coefficient (Wildman–Crippen LogP) is 4.67. The van der Waals surface area contributed by atoms with E-state index >= 15 is 0 Å². The Kier molecular flexibility index (Phi) is 4.65. The maximum absolute atomic E-state index is 12.0. The summed E-state index contributed by atoms with van der Waals surface area (Å²) in [6.07, 6.45) is 5.50. The topological polar surface area (TPSA) is 35.5 Å². The molecule has 23 heavy (non-hydrogen) atoms. The predicted molar refractivity (Wildman–Crippen MR) is 90.7 cm³/mol. The molecule has 3 nitrogen and oxygen atoms in total. The van der Waals surface area contributed by atoms with Crippen LogP contribution in [0.1, 0.15) is 67.9 Å². The Hall–Kier alpha value is -1.51. The molecule has 0 bridgehead atoms. The van der Waals surface area contributed by atoms with E-state index in [1.54, 1.807) is 0 Å². The molecule has 3 heteroatoms. The van der Waals surface area contributed by atoms with E-state index in [-0.39, 0.29) is 18.0 Å². The van der Waals surface area contributed by atoms with E-state index in [0.29, 0.717) is 5.92 Å². The van der Waals surface area contributed by atoms with Crippen molar-refractivity contribution in [3.63, 3.8) is 0 Å². The third-order valence-corrected chi connectivity index (χ3v) is 5.59. The number of ether oxygens (including phenoxy) is 2. The van der Waals surface area contributed by atoms with E-state index in [0.717, 1.165) is 31.6 Å². The van der Waals surface area contributed by atoms with Crippen LogP contribution in [-0.2, 0) is 16.0 Å². The fraction of sp³-hybridized carbons (Fsp3) is 0.650. The summed E-state index contributed by atoms with van der Waals surface area (Å²) >= 11 is 0. The Bertz CT molecular complexity index is 605. The lowest BCUT2D eigenvalue weighted by Crippen LogP contribution is -2.22. The van der Waals surface area contributed by atoms with Gasteiger partial charge in [0.1, 0.15) is 11.9 Å². The first-order valence-electron chi connectivity index (χ1n) is 9.00. The van der Waals surface area contributed by atoms with Crippen molar-refractivity contribution < 1.29 is 14.3 Å². The van der Waals surface area contributed by atoms with Crippen molar-refractivity contribution in [3.8, 4) is 5.75 Å². The smallest absolute Gasteiger partial charge is 0.309 e. The lowest BCUT2D eigenvalue weighted by Gasteiger charge is -2.31. The van der Waals surface area contributed by atoms with Gasteiger partial charge in [-0.25, -0.2) is 0 Å². The van der Waals surface area contributed by atoms with Crippen LogP contribution in [0.25, 0.3) is 0 Å². The van der Waals surface area contributed by atoms with E-state index in [2.05, 4.69) is 26.8 Å². The number of hydrogen-bond donors (Lipinski definition) is 0. The van der Waals surface area contributed by atoms with Crippen LogP contribution in [0.3, 0.4) is 0 Å². The average Bonchev–Trinajstić information content (AvgIpc) is 2.83. The van der Waals surface area contributed by atoms with Gasteiger partial charge in [-0.15, -0.1) is 0 Å². The monoisotopic (exact) mass is 316 g/mol. The highest BCUT2D eigenvalue weighted by Crippen LogP contribution is 2.49. The summed E-state index contributed by atoms with van der Waals surface area (Å²) in [5.41, 5.74) is 5.03. The molecule has 2 aliphatic rings. The van der Waals surface area contributed by atoms with Crippen LogP contribution in [0.15, 0.2) is 6.07 Å². The Morgan fingerprint density at radius 2 is 2.09 bits per heavy atom. The zero-order chi connectivity index (χ0) is 16.6. The Morgan fingerprint density at radius 3 is 2.83 bits per heavy atom. The highest BCUT2D eigenvalue weighted by molar-refractivity contribution is 5.76. The first kappa shape index (κ1) is 16.4. The van der Waals surface area contributed by atoms with Crippen LogP contribution < -0.4 is 4.74 Å². The van der Waals surface area contributed by atoms with Crippen molar-refractivity contribution >= 4 is 5.97 Å². The van der Waals surface area contributed by atoms with Gasteiger partial charge in [0.05, 0.1) is 12.5 Å². The lowest BCUT2D eigenvalue weighted by atomic mass is 9.74. The van der Waals surface area contributed by atoms with Gasteiger partial charge in [-0.1, -0.05) is 26.7 Å².